The third kappa shape index (κ3) is 3.98. The van der Waals surface area contributed by atoms with Crippen molar-refractivity contribution in [3.05, 3.63) is 46.7 Å². The minimum Gasteiger partial charge on any atom is -0.383 e. The predicted octanol–water partition coefficient (Wildman–Crippen LogP) is 3.10. The highest BCUT2D eigenvalue weighted by atomic mass is 35.5. The van der Waals surface area contributed by atoms with Crippen molar-refractivity contribution in [2.75, 3.05) is 19.0 Å². The number of aromatic nitrogens is 2. The highest BCUT2D eigenvalue weighted by molar-refractivity contribution is 6.30. The average Bonchev–Trinajstić information content (AvgIpc) is 2.76. The quantitative estimate of drug-likeness (QED) is 0.883. The standard InChI is InChI=1S/C14H18ClN3O/c1-11-10-18(7-8-19-2)14(17-11)16-9-12-3-5-13(15)6-4-12/h3-6,10H,7-9H2,1-2H3,(H,16,17). The van der Waals surface area contributed by atoms with Crippen LogP contribution < -0.4 is 5.32 Å². The molecule has 0 aliphatic rings. The highest BCUT2D eigenvalue weighted by Crippen LogP contribution is 2.13. The molecule has 0 radical (unpaired) electrons. The number of ether oxygens (including phenoxy) is 1. The second-order valence-corrected chi connectivity index (χ2v) is 4.81. The lowest BCUT2D eigenvalue weighted by atomic mass is 10.2. The first-order chi connectivity index (χ1) is 9.19. The van der Waals surface area contributed by atoms with Crippen LogP contribution >= 0.6 is 11.6 Å². The Hall–Kier alpha value is -1.52. The highest BCUT2D eigenvalue weighted by Gasteiger charge is 2.05. The van der Waals surface area contributed by atoms with Crippen LogP contribution in [0.5, 0.6) is 0 Å². The van der Waals surface area contributed by atoms with Gasteiger partial charge in [0.05, 0.1) is 12.3 Å². The monoisotopic (exact) mass is 279 g/mol. The van der Waals surface area contributed by atoms with E-state index in [0.29, 0.717) is 6.61 Å². The molecule has 0 fully saturated rings. The number of nitrogens with one attached hydrogen (secondary N) is 1. The minimum atomic E-state index is 0.672. The lowest BCUT2D eigenvalue weighted by Gasteiger charge is -2.09. The summed E-state index contributed by atoms with van der Waals surface area (Å²) >= 11 is 5.86. The molecule has 0 unspecified atom stereocenters. The third-order valence-corrected chi connectivity index (χ3v) is 3.05. The summed E-state index contributed by atoms with van der Waals surface area (Å²) in [6, 6.07) is 7.79. The maximum absolute atomic E-state index is 5.86. The fraction of sp³-hybridized carbons (Fsp3) is 0.357. The van der Waals surface area contributed by atoms with E-state index in [1.807, 2.05) is 37.4 Å². The number of hydrogen-bond acceptors (Lipinski definition) is 3. The van der Waals surface area contributed by atoms with E-state index >= 15 is 0 Å². The van der Waals surface area contributed by atoms with Crippen LogP contribution in [0.15, 0.2) is 30.5 Å². The van der Waals surface area contributed by atoms with Crippen molar-refractivity contribution in [3.63, 3.8) is 0 Å². The van der Waals surface area contributed by atoms with Crippen LogP contribution in [-0.2, 0) is 17.8 Å². The molecule has 5 heteroatoms. The summed E-state index contributed by atoms with van der Waals surface area (Å²) in [4.78, 5) is 4.47. The van der Waals surface area contributed by atoms with E-state index in [1.54, 1.807) is 7.11 Å². The second kappa shape index (κ2) is 6.59. The topological polar surface area (TPSA) is 39.1 Å². The van der Waals surface area contributed by atoms with Gasteiger partial charge in [-0.1, -0.05) is 23.7 Å². The molecule has 2 aromatic rings. The van der Waals surface area contributed by atoms with E-state index in [2.05, 4.69) is 14.9 Å². The van der Waals surface area contributed by atoms with E-state index < -0.39 is 0 Å². The Morgan fingerprint density at radius 3 is 2.74 bits per heavy atom. The van der Waals surface area contributed by atoms with Gasteiger partial charge in [-0.15, -0.1) is 0 Å². The van der Waals surface area contributed by atoms with Crippen molar-refractivity contribution in [3.8, 4) is 0 Å². The van der Waals surface area contributed by atoms with Crippen molar-refractivity contribution in [2.24, 2.45) is 0 Å². The largest absolute Gasteiger partial charge is 0.383 e. The van der Waals surface area contributed by atoms with Crippen LogP contribution in [0, 0.1) is 6.92 Å². The molecule has 0 atom stereocenters. The molecule has 0 spiro atoms. The zero-order valence-electron chi connectivity index (χ0n) is 11.2. The van der Waals surface area contributed by atoms with E-state index in [-0.39, 0.29) is 0 Å². The molecule has 0 saturated carbocycles. The van der Waals surface area contributed by atoms with Gasteiger partial charge in [0.1, 0.15) is 0 Å². The lowest BCUT2D eigenvalue weighted by molar-refractivity contribution is 0.187. The van der Waals surface area contributed by atoms with Gasteiger partial charge in [-0.2, -0.15) is 0 Å². The number of rotatable bonds is 6. The zero-order chi connectivity index (χ0) is 13.7. The summed E-state index contributed by atoms with van der Waals surface area (Å²) in [7, 11) is 1.70. The molecule has 1 N–H and O–H groups in total. The number of anilines is 1. The normalized spacial score (nSPS) is 10.7. The molecule has 0 saturated heterocycles. The summed E-state index contributed by atoms with van der Waals surface area (Å²) < 4.78 is 7.16. The van der Waals surface area contributed by atoms with Crippen LogP contribution in [0.3, 0.4) is 0 Å². The molecular formula is C14H18ClN3O. The van der Waals surface area contributed by atoms with E-state index in [9.17, 15) is 0 Å². The number of imidazole rings is 1. The first kappa shape index (κ1) is 13.9. The van der Waals surface area contributed by atoms with Gasteiger partial charge in [-0.3, -0.25) is 0 Å². The third-order valence-electron chi connectivity index (χ3n) is 2.80. The summed E-state index contributed by atoms with van der Waals surface area (Å²) in [6.45, 7) is 4.17. The molecule has 19 heavy (non-hydrogen) atoms. The number of methoxy groups -OCH3 is 1. The molecule has 0 amide bonds. The average molecular weight is 280 g/mol. The fourth-order valence-corrected chi connectivity index (χ4v) is 1.96. The van der Waals surface area contributed by atoms with Crippen molar-refractivity contribution in [2.45, 2.75) is 20.0 Å². The van der Waals surface area contributed by atoms with Gasteiger partial charge < -0.3 is 14.6 Å². The first-order valence-corrected chi connectivity index (χ1v) is 6.58. The molecule has 0 aliphatic heterocycles. The second-order valence-electron chi connectivity index (χ2n) is 4.37. The van der Waals surface area contributed by atoms with Crippen LogP contribution in [0.1, 0.15) is 11.3 Å². The molecule has 0 bridgehead atoms. The van der Waals surface area contributed by atoms with Crippen LogP contribution in [0.4, 0.5) is 5.95 Å². The van der Waals surface area contributed by atoms with Crippen LogP contribution in [0.25, 0.3) is 0 Å². The number of nitrogens with zero attached hydrogens (tertiary/aromatic N) is 2. The fourth-order valence-electron chi connectivity index (χ4n) is 1.83. The smallest absolute Gasteiger partial charge is 0.203 e. The zero-order valence-corrected chi connectivity index (χ0v) is 11.9. The van der Waals surface area contributed by atoms with E-state index in [4.69, 9.17) is 16.3 Å². The maximum atomic E-state index is 5.86. The van der Waals surface area contributed by atoms with Crippen molar-refractivity contribution in [1.29, 1.82) is 0 Å². The van der Waals surface area contributed by atoms with Gasteiger partial charge in [-0.05, 0) is 24.6 Å². The van der Waals surface area contributed by atoms with E-state index in [0.717, 1.165) is 29.8 Å². The van der Waals surface area contributed by atoms with Gasteiger partial charge in [-0.25, -0.2) is 4.98 Å². The van der Waals surface area contributed by atoms with E-state index in [1.165, 1.54) is 5.56 Å². The Labute approximate surface area is 118 Å². The molecule has 1 aromatic heterocycles. The predicted molar refractivity (Wildman–Crippen MR) is 77.6 cm³/mol. The summed E-state index contributed by atoms with van der Waals surface area (Å²) in [6.07, 6.45) is 2.02. The summed E-state index contributed by atoms with van der Waals surface area (Å²) in [5, 5.41) is 4.08. The molecule has 4 nitrogen and oxygen atoms in total. The van der Waals surface area contributed by atoms with Gasteiger partial charge in [0.2, 0.25) is 5.95 Å². The van der Waals surface area contributed by atoms with Gasteiger partial charge in [0.15, 0.2) is 0 Å². The summed E-state index contributed by atoms with van der Waals surface area (Å²) in [5.41, 5.74) is 2.16. The molecule has 2 rings (SSSR count). The molecule has 1 aromatic carbocycles. The molecule has 1 heterocycles. The molecule has 102 valence electrons. The Bertz CT molecular complexity index is 522. The Balaban J connectivity index is 2.00. The van der Waals surface area contributed by atoms with Crippen LogP contribution in [-0.4, -0.2) is 23.3 Å². The van der Waals surface area contributed by atoms with Gasteiger partial charge in [0.25, 0.3) is 0 Å². The van der Waals surface area contributed by atoms with Gasteiger partial charge >= 0.3 is 0 Å². The maximum Gasteiger partial charge on any atom is 0.203 e. The Morgan fingerprint density at radius 1 is 1.32 bits per heavy atom. The molecule has 0 aliphatic carbocycles. The number of hydrogen-bond donors (Lipinski definition) is 1. The Morgan fingerprint density at radius 2 is 2.05 bits per heavy atom. The minimum absolute atomic E-state index is 0.672. The van der Waals surface area contributed by atoms with Crippen molar-refractivity contribution >= 4 is 17.5 Å². The number of benzene rings is 1. The molecular weight excluding hydrogens is 262 g/mol. The number of aryl methyl sites for hydroxylation is 1. The Kier molecular flexibility index (Phi) is 4.82. The van der Waals surface area contributed by atoms with Crippen molar-refractivity contribution in [1.82, 2.24) is 9.55 Å². The first-order valence-electron chi connectivity index (χ1n) is 6.20. The summed E-state index contributed by atoms with van der Waals surface area (Å²) in [5.74, 6) is 0.865. The van der Waals surface area contributed by atoms with Gasteiger partial charge in [0, 0.05) is 31.4 Å². The SMILES string of the molecule is COCCn1cc(C)nc1NCc1ccc(Cl)cc1. The van der Waals surface area contributed by atoms with Crippen molar-refractivity contribution < 1.29 is 4.74 Å². The lowest BCUT2D eigenvalue weighted by Crippen LogP contribution is -2.09. The number of halogens is 1. The van der Waals surface area contributed by atoms with Crippen LogP contribution in [0.2, 0.25) is 5.02 Å².